The number of hydrogen-bond donors (Lipinski definition) is 2. The Balaban J connectivity index is 6.58. The van der Waals surface area contributed by atoms with E-state index >= 15 is 0 Å². The van der Waals surface area contributed by atoms with Crippen molar-refractivity contribution < 1.29 is 52.3 Å². The van der Waals surface area contributed by atoms with Crippen molar-refractivity contribution in [1.82, 2.24) is 0 Å². The molecule has 0 aliphatic heterocycles. The number of unbranched alkanes of at least 4 members (excludes halogenated alkanes) is 12. The maximum Gasteiger partial charge on any atom is 0.333 e. The lowest BCUT2D eigenvalue weighted by Crippen LogP contribution is -2.61. The Bertz CT molecular complexity index is 1220. The van der Waals surface area contributed by atoms with Gasteiger partial charge in [0.25, 0.3) is 0 Å². The van der Waals surface area contributed by atoms with E-state index < -0.39 is 54.9 Å². The summed E-state index contributed by atoms with van der Waals surface area (Å²) in [6.45, 7) is 36.8. The second kappa shape index (κ2) is 37.8. The lowest BCUT2D eigenvalue weighted by molar-refractivity contribution is -0.196. The first-order valence-corrected chi connectivity index (χ1v) is 35.9. The van der Waals surface area contributed by atoms with E-state index in [4.69, 9.17) is 37.3 Å². The molecule has 0 fully saturated rings. The third-order valence-electron chi connectivity index (χ3n) is 11.4. The number of carbonyl (C=O) groups excluding carboxylic acids is 1. The quantitative estimate of drug-likeness (QED) is 0.0151. The van der Waals surface area contributed by atoms with E-state index in [1.165, 1.54) is 77.0 Å². The van der Waals surface area contributed by atoms with Gasteiger partial charge < -0.3 is 47.5 Å². The van der Waals surface area contributed by atoms with Crippen LogP contribution >= 0.6 is 0 Å². The Hall–Kier alpha value is -0.919. The maximum atomic E-state index is 11.9. The summed E-state index contributed by atoms with van der Waals surface area (Å²) in [4.78, 5) is 11.9. The van der Waals surface area contributed by atoms with Gasteiger partial charge in [0.05, 0.1) is 19.5 Å². The Morgan fingerprint density at radius 3 is 1.44 bits per heavy atom. The number of allylic oxidation sites excluding steroid dienone is 1. The van der Waals surface area contributed by atoms with Gasteiger partial charge >= 0.3 is 5.97 Å². The molecule has 11 nitrogen and oxygen atoms in total. The highest BCUT2D eigenvalue weighted by Crippen LogP contribution is 2.34. The molecule has 14 heteroatoms. The minimum atomic E-state index is -2.36. The summed E-state index contributed by atoms with van der Waals surface area (Å²) in [5.74, 6) is -0.962. The van der Waals surface area contributed by atoms with Gasteiger partial charge in [0.15, 0.2) is 30.8 Å². The molecule has 0 rings (SSSR count). The van der Waals surface area contributed by atoms with Gasteiger partial charge in [0.2, 0.25) is 0 Å². The Labute approximate surface area is 422 Å². The van der Waals surface area contributed by atoms with Crippen LogP contribution in [0.5, 0.6) is 0 Å². The minimum absolute atomic E-state index is 0.0460. The van der Waals surface area contributed by atoms with E-state index in [0.717, 1.165) is 38.1 Å². The smallest absolute Gasteiger partial charge is 0.333 e. The monoisotopic (exact) mass is 1020 g/mol. The molecule has 0 aromatic rings. The Kier molecular flexibility index (Phi) is 37.3. The second-order valence-electron chi connectivity index (χ2n) is 23.7. The number of esters is 1. The summed E-state index contributed by atoms with van der Waals surface area (Å²) in [5, 5.41) is 21.1. The lowest BCUT2D eigenvalue weighted by Gasteiger charge is -2.46. The molecule has 0 aromatic carbocycles. The topological polar surface area (TPSA) is 131 Å². The SMILES string of the molecule is C=C(C)C(=O)OCC(O)COCCC[SiH](C(O[Si](C)(C)C)O[Si](C)(C)C)C(CCCOCC(O)COC=CCC)(OCCCCCCCCCC(C)(C)C)OCCCCCCCCCC(C)(C)C. The highest BCUT2D eigenvalue weighted by molar-refractivity contribution is 6.73. The summed E-state index contributed by atoms with van der Waals surface area (Å²) in [6.07, 6.45) is 23.9. The van der Waals surface area contributed by atoms with Gasteiger partial charge in [-0.3, -0.25) is 0 Å². The molecule has 68 heavy (non-hydrogen) atoms. The predicted octanol–water partition coefficient (Wildman–Crippen LogP) is 13.4. The zero-order chi connectivity index (χ0) is 51.5. The fourth-order valence-electron chi connectivity index (χ4n) is 7.79. The van der Waals surface area contributed by atoms with Gasteiger partial charge in [-0.25, -0.2) is 4.79 Å². The van der Waals surface area contributed by atoms with Crippen molar-refractivity contribution in [3.05, 3.63) is 24.5 Å². The summed E-state index contributed by atoms with van der Waals surface area (Å²) in [5.41, 5.74) is 0.168. The maximum absolute atomic E-state index is 11.9. The molecule has 0 aliphatic rings. The molecular formula is C54H110O11Si3. The first kappa shape index (κ1) is 67.1. The molecule has 2 N–H and O–H groups in total. The van der Waals surface area contributed by atoms with Gasteiger partial charge in [-0.15, -0.1) is 0 Å². The van der Waals surface area contributed by atoms with Crippen molar-refractivity contribution in [2.45, 2.75) is 253 Å². The van der Waals surface area contributed by atoms with Crippen molar-refractivity contribution in [2.75, 3.05) is 52.9 Å². The Morgan fingerprint density at radius 2 is 1.01 bits per heavy atom. The third kappa shape index (κ3) is 40.7. The van der Waals surface area contributed by atoms with Crippen LogP contribution in [-0.2, 0) is 42.1 Å². The molecule has 0 radical (unpaired) electrons. The van der Waals surface area contributed by atoms with E-state index in [1.807, 2.05) is 13.0 Å². The minimum Gasteiger partial charge on any atom is -0.499 e. The predicted molar refractivity (Wildman–Crippen MR) is 291 cm³/mol. The average molecular weight is 1020 g/mol. The first-order valence-electron chi connectivity index (χ1n) is 27.0. The van der Waals surface area contributed by atoms with Crippen LogP contribution in [0.3, 0.4) is 0 Å². The van der Waals surface area contributed by atoms with Gasteiger partial charge in [0, 0.05) is 32.0 Å². The van der Waals surface area contributed by atoms with Crippen LogP contribution in [0, 0.1) is 10.8 Å². The molecule has 0 spiro atoms. The summed E-state index contributed by atoms with van der Waals surface area (Å²) >= 11 is 0. The van der Waals surface area contributed by atoms with Crippen molar-refractivity contribution in [3.8, 4) is 0 Å². The molecule has 0 bridgehead atoms. The van der Waals surface area contributed by atoms with Crippen molar-refractivity contribution in [1.29, 1.82) is 0 Å². The van der Waals surface area contributed by atoms with Crippen LogP contribution in [0.25, 0.3) is 0 Å². The fourth-order valence-corrected chi connectivity index (χ4v) is 16.1. The van der Waals surface area contributed by atoms with Gasteiger partial charge in [-0.1, -0.05) is 138 Å². The number of aliphatic hydroxyl groups is 2. The molecule has 3 unspecified atom stereocenters. The van der Waals surface area contributed by atoms with Crippen LogP contribution in [-0.4, -0.2) is 118 Å². The highest BCUT2D eigenvalue weighted by atomic mass is 28.4. The molecular weight excluding hydrogens is 909 g/mol. The molecule has 0 aromatic heterocycles. The lowest BCUT2D eigenvalue weighted by atomic mass is 9.89. The average Bonchev–Trinajstić information content (AvgIpc) is 3.21. The standard InChI is InChI=1S/C54H110O11Si3/c1-16-17-37-58-43-48(55)44-59-38-32-36-54(62-40-30-26-22-18-20-24-28-34-52(4,5)6,63-41-31-27-23-19-21-25-29-35-53(7,8)9)66(51(64-67(10,11)12)65-68(13,14)15)42-33-39-60-45-49(56)46-61-50(57)47(2)3/h17,37,48-49,51,55-56,66H,2,16,18-36,38-46H2,1,3-15H3. The number of aliphatic hydroxyl groups excluding tert-OH is 2. The molecule has 404 valence electrons. The number of hydrogen-bond acceptors (Lipinski definition) is 11. The molecule has 0 saturated carbocycles. The van der Waals surface area contributed by atoms with E-state index in [0.29, 0.717) is 56.5 Å². The zero-order valence-corrected chi connectivity index (χ0v) is 49.9. The molecule has 0 heterocycles. The van der Waals surface area contributed by atoms with E-state index in [-0.39, 0.29) is 32.0 Å². The number of ether oxygens (including phenoxy) is 6. The van der Waals surface area contributed by atoms with Crippen LogP contribution in [0.4, 0.5) is 0 Å². The second-order valence-corrected chi connectivity index (χ2v) is 35.8. The molecule has 0 aliphatic carbocycles. The van der Waals surface area contributed by atoms with E-state index in [1.54, 1.807) is 13.2 Å². The van der Waals surface area contributed by atoms with Crippen molar-refractivity contribution in [2.24, 2.45) is 10.8 Å². The van der Waals surface area contributed by atoms with Gasteiger partial charge in [-0.2, -0.15) is 0 Å². The fraction of sp³-hybridized carbons (Fsp3) is 0.907. The van der Waals surface area contributed by atoms with Crippen molar-refractivity contribution in [3.63, 3.8) is 0 Å². The first-order chi connectivity index (χ1) is 31.8. The van der Waals surface area contributed by atoms with Gasteiger partial charge in [0.1, 0.15) is 31.3 Å². The van der Waals surface area contributed by atoms with Crippen LogP contribution in [0.1, 0.15) is 184 Å². The van der Waals surface area contributed by atoms with E-state index in [2.05, 4.69) is 87.4 Å². The number of rotatable bonds is 45. The Morgan fingerprint density at radius 1 is 0.588 bits per heavy atom. The summed E-state index contributed by atoms with van der Waals surface area (Å²) in [6, 6.07) is 0.770. The van der Waals surface area contributed by atoms with Gasteiger partial charge in [-0.05, 0) is 114 Å². The van der Waals surface area contributed by atoms with E-state index in [9.17, 15) is 15.0 Å². The third-order valence-corrected chi connectivity index (χ3v) is 17.5. The largest absolute Gasteiger partial charge is 0.499 e. The zero-order valence-electron chi connectivity index (χ0n) is 46.7. The van der Waals surface area contributed by atoms with Crippen LogP contribution in [0.15, 0.2) is 24.5 Å². The number of carbonyl (C=O) groups is 1. The highest BCUT2D eigenvalue weighted by Gasteiger charge is 2.49. The molecule has 3 atom stereocenters. The van der Waals surface area contributed by atoms with Crippen LogP contribution in [0.2, 0.25) is 45.3 Å². The summed E-state index contributed by atoms with van der Waals surface area (Å²) < 4.78 is 51.6. The molecule has 0 saturated heterocycles. The normalized spacial score (nSPS) is 14.5. The van der Waals surface area contributed by atoms with Crippen molar-refractivity contribution >= 4 is 31.4 Å². The summed E-state index contributed by atoms with van der Waals surface area (Å²) in [7, 11) is -6.63. The molecule has 0 amide bonds. The van der Waals surface area contributed by atoms with Crippen LogP contribution < -0.4 is 0 Å².